The van der Waals surface area contributed by atoms with Crippen LogP contribution in [0, 0.1) is 70.0 Å². The summed E-state index contributed by atoms with van der Waals surface area (Å²) < 4.78 is 0. The van der Waals surface area contributed by atoms with Crippen molar-refractivity contribution in [1.29, 1.82) is 0 Å². The average molecular weight is 1070 g/mol. The van der Waals surface area contributed by atoms with Gasteiger partial charge in [-0.3, -0.25) is 0 Å². The van der Waals surface area contributed by atoms with Crippen molar-refractivity contribution in [3.05, 3.63) is 0 Å². The van der Waals surface area contributed by atoms with E-state index in [1.54, 1.807) is 0 Å². The largest absolute Gasteiger partial charge is 0.0654 e. The van der Waals surface area contributed by atoms with Crippen LogP contribution in [0.5, 0.6) is 0 Å². The van der Waals surface area contributed by atoms with Gasteiger partial charge in [-0.2, -0.15) is 0 Å². The molecule has 0 aromatic heterocycles. The van der Waals surface area contributed by atoms with E-state index in [2.05, 4.69) is 249 Å². The Bertz CT molecular complexity index is 763. The van der Waals surface area contributed by atoms with Gasteiger partial charge in [0.05, 0.1) is 0 Å². The first-order valence-electron chi connectivity index (χ1n) is 34.7. The molecule has 0 aromatic rings. The zero-order valence-electron chi connectivity index (χ0n) is 61.9. The molecule has 0 nitrogen and oxygen atoms in total. The molecule has 0 bridgehead atoms. The molecule has 0 aliphatic heterocycles. The second-order valence-electron chi connectivity index (χ2n) is 27.6. The Hall–Kier alpha value is 0. The SMILES string of the molecule is CC(C)CC(C)C.CCC(C)(C)C.CCC(C)C(C)C.CCC(C)CC.CCC(CC)CC.CCCC(C)(C)C.CCCC(C)CC.CCCC(C)CC.CCCCC(C)C.CCCCC(C)C.CCCCCCC. The van der Waals surface area contributed by atoms with Crippen LogP contribution in [0.3, 0.4) is 0 Å². The third kappa shape index (κ3) is 160. The summed E-state index contributed by atoms with van der Waals surface area (Å²) in [5.41, 5.74) is 1.09. The minimum atomic E-state index is 0.542. The van der Waals surface area contributed by atoms with Crippen LogP contribution in [0.25, 0.3) is 0 Å². The number of hydrogen-bond donors (Lipinski definition) is 0. The third-order valence-electron chi connectivity index (χ3n) is 14.3. The van der Waals surface area contributed by atoms with Gasteiger partial charge in [0, 0.05) is 0 Å². The smallest absolute Gasteiger partial charge is 0.0383 e. The lowest BCUT2D eigenvalue weighted by Crippen LogP contribution is -2.02. The predicted molar refractivity (Wildman–Crippen MR) is 369 cm³/mol. The van der Waals surface area contributed by atoms with E-state index in [9.17, 15) is 0 Å². The van der Waals surface area contributed by atoms with Crippen molar-refractivity contribution in [2.75, 3.05) is 0 Å². The fourth-order valence-electron chi connectivity index (χ4n) is 6.61. The number of hydrogen-bond acceptors (Lipinski definition) is 0. The Labute approximate surface area is 490 Å². The van der Waals surface area contributed by atoms with E-state index in [0.29, 0.717) is 10.8 Å². The lowest BCUT2D eigenvalue weighted by molar-refractivity contribution is 0.373. The number of unbranched alkanes of at least 4 members (excludes halogenated alkanes) is 6. The van der Waals surface area contributed by atoms with Gasteiger partial charge in [-0.05, 0) is 82.9 Å². The van der Waals surface area contributed by atoms with Crippen LogP contribution in [-0.2, 0) is 0 Å². The van der Waals surface area contributed by atoms with Gasteiger partial charge in [-0.25, -0.2) is 0 Å². The van der Waals surface area contributed by atoms with E-state index in [4.69, 9.17) is 0 Å². The second-order valence-corrected chi connectivity index (χ2v) is 27.6. The Morgan fingerprint density at radius 3 is 0.613 bits per heavy atom. The maximum absolute atomic E-state index is 2.31. The molecule has 0 heterocycles. The van der Waals surface area contributed by atoms with Crippen molar-refractivity contribution in [1.82, 2.24) is 0 Å². The van der Waals surface area contributed by atoms with Crippen molar-refractivity contribution in [3.63, 3.8) is 0 Å². The molecule has 3 unspecified atom stereocenters. The predicted octanol–water partition coefficient (Wildman–Crippen LogP) is 30.2. The molecule has 0 saturated heterocycles. The zero-order valence-corrected chi connectivity index (χ0v) is 61.9. The van der Waals surface area contributed by atoms with Crippen LogP contribution in [0.4, 0.5) is 0 Å². The topological polar surface area (TPSA) is 0 Å². The van der Waals surface area contributed by atoms with Gasteiger partial charge in [0.1, 0.15) is 0 Å². The van der Waals surface area contributed by atoms with E-state index < -0.39 is 0 Å². The third-order valence-corrected chi connectivity index (χ3v) is 14.3. The summed E-state index contributed by atoms with van der Waals surface area (Å²) in [6.45, 7) is 81.3. The molecule has 75 heavy (non-hydrogen) atoms. The summed E-state index contributed by atoms with van der Waals surface area (Å²) in [5, 5.41) is 0. The summed E-state index contributed by atoms with van der Waals surface area (Å²) in [4.78, 5) is 0. The summed E-state index contributed by atoms with van der Waals surface area (Å²) in [6, 6.07) is 0. The summed E-state index contributed by atoms with van der Waals surface area (Å²) in [7, 11) is 0. The van der Waals surface area contributed by atoms with Gasteiger partial charge in [0.15, 0.2) is 0 Å². The van der Waals surface area contributed by atoms with Crippen molar-refractivity contribution in [3.8, 4) is 0 Å². The highest BCUT2D eigenvalue weighted by Gasteiger charge is 2.06. The van der Waals surface area contributed by atoms with E-state index in [1.165, 1.54) is 173 Å². The maximum atomic E-state index is 2.31. The Morgan fingerprint density at radius 2 is 0.560 bits per heavy atom. The molecular weight excluding hydrogens is 901 g/mol. The van der Waals surface area contributed by atoms with Crippen LogP contribution in [0.15, 0.2) is 0 Å². The average Bonchev–Trinajstić information content (AvgIpc) is 3.33. The van der Waals surface area contributed by atoms with Gasteiger partial charge in [-0.1, -0.05) is 410 Å². The molecule has 0 N–H and O–H groups in total. The highest BCUT2D eigenvalue weighted by molar-refractivity contribution is 4.58. The normalized spacial score (nSPS) is 11.7. The highest BCUT2D eigenvalue weighted by Crippen LogP contribution is 2.20. The molecule has 0 aromatic carbocycles. The summed E-state index contributed by atoms with van der Waals surface area (Å²) >= 11 is 0. The minimum absolute atomic E-state index is 0.542. The first kappa shape index (κ1) is 100. The van der Waals surface area contributed by atoms with Crippen molar-refractivity contribution < 1.29 is 0 Å². The zero-order chi connectivity index (χ0) is 61.9. The minimum Gasteiger partial charge on any atom is -0.0654 e. The lowest BCUT2D eigenvalue weighted by atomic mass is 9.91. The molecule has 0 saturated carbocycles. The molecule has 0 spiro atoms. The van der Waals surface area contributed by atoms with Crippen LogP contribution >= 0.6 is 0 Å². The molecule has 0 fully saturated rings. The van der Waals surface area contributed by atoms with E-state index in [-0.39, 0.29) is 0 Å². The van der Waals surface area contributed by atoms with Gasteiger partial charge in [-0.15, -0.1) is 0 Å². The standard InChI is InChI=1S/9C7H16.2C6H14/c1-6(2)5-7(3)4;1-5-6-7(2,3)4;1-5-7(4)6(2)3;2*1-4-5-6-7(2)3;2*1-4-6-7(3)5-2;1-4-7(5-2)6-3;1-3-5-7-6-4-2;1-5-6(2,3)4;1-4-6(3)5-2/h6-7H,5H2,1-4H3;5-6H2,1-4H3;6-7H,5H2,1-4H3;5*7H,4-6H2,1-3H3;3-7H2,1-2H3;5H2,1-4H3;6H,4-5H2,1-3H3. The number of rotatable bonds is 26. The summed E-state index contributed by atoms with van der Waals surface area (Å²) in [6.07, 6.45) is 36.8. The van der Waals surface area contributed by atoms with Gasteiger partial charge in [0.25, 0.3) is 0 Å². The van der Waals surface area contributed by atoms with Gasteiger partial charge < -0.3 is 0 Å². The van der Waals surface area contributed by atoms with Crippen LogP contribution < -0.4 is 0 Å². The molecule has 0 heteroatoms. The van der Waals surface area contributed by atoms with Crippen molar-refractivity contribution >= 4 is 0 Å². The van der Waals surface area contributed by atoms with Crippen molar-refractivity contribution in [2.24, 2.45) is 70.0 Å². The lowest BCUT2D eigenvalue weighted by Gasteiger charge is -2.15. The van der Waals surface area contributed by atoms with Crippen LogP contribution in [-0.4, -0.2) is 0 Å². The molecule has 0 radical (unpaired) electrons. The van der Waals surface area contributed by atoms with Crippen LogP contribution in [0.2, 0.25) is 0 Å². The van der Waals surface area contributed by atoms with Gasteiger partial charge >= 0.3 is 0 Å². The highest BCUT2D eigenvalue weighted by atomic mass is 14.1. The van der Waals surface area contributed by atoms with Gasteiger partial charge in [0.2, 0.25) is 0 Å². The fraction of sp³-hybridized carbons (Fsp3) is 1.00. The first-order valence-corrected chi connectivity index (χ1v) is 34.7. The monoisotopic (exact) mass is 1070 g/mol. The quantitative estimate of drug-likeness (QED) is 0.0758. The van der Waals surface area contributed by atoms with E-state index in [1.807, 2.05) is 0 Å². The molecule has 0 amide bonds. The molecule has 0 rings (SSSR count). The molecule has 472 valence electrons. The van der Waals surface area contributed by atoms with E-state index >= 15 is 0 Å². The van der Waals surface area contributed by atoms with E-state index in [0.717, 1.165) is 59.2 Å². The van der Waals surface area contributed by atoms with Crippen molar-refractivity contribution in [2.45, 2.75) is 423 Å². The molecular formula is C75H172. The Kier molecular flexibility index (Phi) is 111. The molecule has 0 aliphatic rings. The Morgan fingerprint density at radius 1 is 0.267 bits per heavy atom. The summed E-state index contributed by atoms with van der Waals surface area (Å²) in [5.74, 6) is 9.14. The molecule has 0 aliphatic carbocycles. The first-order chi connectivity index (χ1) is 34.7. The fourth-order valence-corrected chi connectivity index (χ4v) is 6.61. The molecule has 3 atom stereocenters. The maximum Gasteiger partial charge on any atom is -0.0383 e. The Balaban J connectivity index is -0.0000000668. The second kappa shape index (κ2) is 82.8. The van der Waals surface area contributed by atoms with Crippen LogP contribution in [0.1, 0.15) is 423 Å².